The molecular weight excluding hydrogens is 340 g/mol. The first-order valence-corrected chi connectivity index (χ1v) is 10.2. The number of amides is 1. The summed E-state index contributed by atoms with van der Waals surface area (Å²) >= 11 is 0. The maximum Gasteiger partial charge on any atom is 0.346 e. The highest BCUT2D eigenvalue weighted by Crippen LogP contribution is 2.11. The molecule has 2 aromatic rings. The van der Waals surface area contributed by atoms with Crippen molar-refractivity contribution in [1.82, 2.24) is 19.2 Å². The fourth-order valence-electron chi connectivity index (χ4n) is 3.58. The Bertz CT molecular complexity index is 786. The van der Waals surface area contributed by atoms with Crippen LogP contribution in [0.2, 0.25) is 0 Å². The van der Waals surface area contributed by atoms with E-state index in [9.17, 15) is 9.59 Å². The van der Waals surface area contributed by atoms with Gasteiger partial charge in [-0.3, -0.25) is 9.36 Å². The highest BCUT2D eigenvalue weighted by Gasteiger charge is 2.20. The Morgan fingerprint density at radius 2 is 1.78 bits per heavy atom. The van der Waals surface area contributed by atoms with Crippen molar-refractivity contribution < 1.29 is 4.79 Å². The number of hydrogen-bond donors (Lipinski definition) is 0. The predicted molar refractivity (Wildman–Crippen MR) is 106 cm³/mol. The van der Waals surface area contributed by atoms with Crippen molar-refractivity contribution in [3.8, 4) is 0 Å². The molecule has 0 bridgehead atoms. The van der Waals surface area contributed by atoms with Gasteiger partial charge in [-0.1, -0.05) is 56.5 Å². The molecule has 146 valence electrons. The Balaban J connectivity index is 1.80. The molecule has 0 radical (unpaired) electrons. The SMILES string of the molecule is CCCCc1nn(CC(=O)N2CCCCCC2)c(=O)n1Cc1ccccc1. The van der Waals surface area contributed by atoms with Crippen molar-refractivity contribution in [2.24, 2.45) is 0 Å². The number of likely N-dealkylation sites (tertiary alicyclic amines) is 1. The first kappa shape index (κ1) is 19.4. The Kier molecular flexibility index (Phi) is 6.85. The van der Waals surface area contributed by atoms with Gasteiger partial charge in [0.05, 0.1) is 6.54 Å². The molecular formula is C21H30N4O2. The van der Waals surface area contributed by atoms with Crippen LogP contribution in [0.25, 0.3) is 0 Å². The minimum atomic E-state index is -0.187. The van der Waals surface area contributed by atoms with E-state index in [0.29, 0.717) is 6.54 Å². The zero-order valence-corrected chi connectivity index (χ0v) is 16.3. The Hall–Kier alpha value is -2.37. The summed E-state index contributed by atoms with van der Waals surface area (Å²) in [6.45, 7) is 4.25. The molecule has 6 nitrogen and oxygen atoms in total. The zero-order chi connectivity index (χ0) is 19.1. The molecule has 2 heterocycles. The molecule has 1 amide bonds. The van der Waals surface area contributed by atoms with Gasteiger partial charge in [-0.25, -0.2) is 9.48 Å². The lowest BCUT2D eigenvalue weighted by Gasteiger charge is -2.19. The fraction of sp³-hybridized carbons (Fsp3) is 0.571. The molecule has 27 heavy (non-hydrogen) atoms. The summed E-state index contributed by atoms with van der Waals surface area (Å²) in [4.78, 5) is 27.5. The molecule has 0 aliphatic carbocycles. The van der Waals surface area contributed by atoms with E-state index >= 15 is 0 Å². The van der Waals surface area contributed by atoms with E-state index in [0.717, 1.165) is 56.6 Å². The van der Waals surface area contributed by atoms with E-state index < -0.39 is 0 Å². The van der Waals surface area contributed by atoms with Gasteiger partial charge in [0.15, 0.2) is 0 Å². The second-order valence-corrected chi connectivity index (χ2v) is 7.33. The Morgan fingerprint density at radius 1 is 1.07 bits per heavy atom. The molecule has 1 aliphatic rings. The van der Waals surface area contributed by atoms with Crippen molar-refractivity contribution in [3.63, 3.8) is 0 Å². The first-order valence-electron chi connectivity index (χ1n) is 10.2. The number of benzene rings is 1. The summed E-state index contributed by atoms with van der Waals surface area (Å²) in [7, 11) is 0. The summed E-state index contributed by atoms with van der Waals surface area (Å²) in [5.74, 6) is 0.778. The number of rotatable bonds is 7. The van der Waals surface area contributed by atoms with E-state index in [-0.39, 0.29) is 18.1 Å². The largest absolute Gasteiger partial charge is 0.346 e. The second kappa shape index (κ2) is 9.53. The average Bonchev–Trinajstić information content (AvgIpc) is 2.88. The Labute approximate surface area is 160 Å². The number of carbonyl (C=O) groups excluding carboxylic acids is 1. The monoisotopic (exact) mass is 370 g/mol. The smallest absolute Gasteiger partial charge is 0.341 e. The van der Waals surface area contributed by atoms with Crippen LogP contribution in [0, 0.1) is 0 Å². The van der Waals surface area contributed by atoms with Crippen molar-refractivity contribution in [1.29, 1.82) is 0 Å². The van der Waals surface area contributed by atoms with Gasteiger partial charge in [-0.15, -0.1) is 0 Å². The fourth-order valence-corrected chi connectivity index (χ4v) is 3.58. The van der Waals surface area contributed by atoms with E-state index in [2.05, 4.69) is 12.0 Å². The van der Waals surface area contributed by atoms with Gasteiger partial charge < -0.3 is 4.90 Å². The van der Waals surface area contributed by atoms with Gasteiger partial charge >= 0.3 is 5.69 Å². The predicted octanol–water partition coefficient (Wildman–Crippen LogP) is 2.84. The number of carbonyl (C=O) groups is 1. The number of aromatic nitrogens is 3. The summed E-state index contributed by atoms with van der Waals surface area (Å²) in [6, 6.07) is 9.93. The van der Waals surface area contributed by atoms with Crippen LogP contribution in [-0.2, 0) is 24.3 Å². The molecule has 0 atom stereocenters. The standard InChI is InChI=1S/C21H30N4O2/c1-2-3-13-19-22-25(17-20(26)23-14-9-4-5-10-15-23)21(27)24(19)16-18-11-7-6-8-12-18/h6-8,11-12H,2-5,9-10,13-17H2,1H3. The molecule has 1 aliphatic heterocycles. The van der Waals surface area contributed by atoms with Crippen molar-refractivity contribution in [3.05, 3.63) is 52.2 Å². The minimum Gasteiger partial charge on any atom is -0.341 e. The summed E-state index contributed by atoms with van der Waals surface area (Å²) < 4.78 is 3.09. The number of nitrogens with zero attached hydrogens (tertiary/aromatic N) is 4. The second-order valence-electron chi connectivity index (χ2n) is 7.33. The van der Waals surface area contributed by atoms with Crippen LogP contribution in [0.3, 0.4) is 0 Å². The molecule has 3 rings (SSSR count). The van der Waals surface area contributed by atoms with Crippen LogP contribution >= 0.6 is 0 Å². The number of unbranched alkanes of at least 4 members (excludes halogenated alkanes) is 1. The molecule has 1 saturated heterocycles. The van der Waals surface area contributed by atoms with E-state index in [1.54, 1.807) is 4.57 Å². The summed E-state index contributed by atoms with van der Waals surface area (Å²) in [5, 5.41) is 4.52. The molecule has 1 aromatic heterocycles. The highest BCUT2D eigenvalue weighted by atomic mass is 16.2. The van der Waals surface area contributed by atoms with Gasteiger partial charge in [0.2, 0.25) is 5.91 Å². The first-order chi connectivity index (χ1) is 13.2. The molecule has 0 spiro atoms. The van der Waals surface area contributed by atoms with E-state index in [1.165, 1.54) is 17.5 Å². The minimum absolute atomic E-state index is 0.00500. The summed E-state index contributed by atoms with van der Waals surface area (Å²) in [5.41, 5.74) is 0.879. The lowest BCUT2D eigenvalue weighted by molar-refractivity contribution is -0.132. The van der Waals surface area contributed by atoms with Gasteiger partial charge in [0, 0.05) is 19.5 Å². The van der Waals surface area contributed by atoms with E-state index in [1.807, 2.05) is 35.2 Å². The quantitative estimate of drug-likeness (QED) is 0.753. The van der Waals surface area contributed by atoms with Gasteiger partial charge in [-0.05, 0) is 24.8 Å². The Morgan fingerprint density at radius 3 is 2.44 bits per heavy atom. The van der Waals surface area contributed by atoms with Crippen LogP contribution in [0.1, 0.15) is 56.8 Å². The third kappa shape index (κ3) is 5.08. The molecule has 1 fully saturated rings. The van der Waals surface area contributed by atoms with Crippen LogP contribution < -0.4 is 5.69 Å². The van der Waals surface area contributed by atoms with Crippen LogP contribution in [0.15, 0.2) is 35.1 Å². The van der Waals surface area contributed by atoms with Gasteiger partial charge in [0.25, 0.3) is 0 Å². The lowest BCUT2D eigenvalue weighted by atomic mass is 10.2. The third-order valence-corrected chi connectivity index (χ3v) is 5.18. The summed E-state index contributed by atoms with van der Waals surface area (Å²) in [6.07, 6.45) is 7.22. The van der Waals surface area contributed by atoms with Crippen molar-refractivity contribution in [2.45, 2.75) is 65.0 Å². The van der Waals surface area contributed by atoms with Crippen LogP contribution in [0.5, 0.6) is 0 Å². The normalized spacial score (nSPS) is 14.9. The van der Waals surface area contributed by atoms with Gasteiger partial charge in [-0.2, -0.15) is 5.10 Å². The lowest BCUT2D eigenvalue weighted by Crippen LogP contribution is -2.37. The van der Waals surface area contributed by atoms with Crippen LogP contribution in [0.4, 0.5) is 0 Å². The van der Waals surface area contributed by atoms with Crippen molar-refractivity contribution >= 4 is 5.91 Å². The number of aryl methyl sites for hydroxylation is 1. The maximum atomic E-state index is 12.9. The molecule has 0 N–H and O–H groups in total. The van der Waals surface area contributed by atoms with Crippen molar-refractivity contribution in [2.75, 3.05) is 13.1 Å². The zero-order valence-electron chi connectivity index (χ0n) is 16.3. The third-order valence-electron chi connectivity index (χ3n) is 5.18. The van der Waals surface area contributed by atoms with Gasteiger partial charge in [0.1, 0.15) is 12.4 Å². The number of hydrogen-bond acceptors (Lipinski definition) is 3. The molecule has 6 heteroatoms. The molecule has 0 unspecified atom stereocenters. The van der Waals surface area contributed by atoms with Crippen LogP contribution in [-0.4, -0.2) is 38.2 Å². The molecule has 1 aromatic carbocycles. The average molecular weight is 370 g/mol. The van der Waals surface area contributed by atoms with E-state index in [4.69, 9.17) is 0 Å². The highest BCUT2D eigenvalue weighted by molar-refractivity contribution is 5.75. The topological polar surface area (TPSA) is 60.1 Å². The molecule has 0 saturated carbocycles. The maximum absolute atomic E-state index is 12.9.